The van der Waals surface area contributed by atoms with E-state index in [0.29, 0.717) is 0 Å². The number of amides is 2. The van der Waals surface area contributed by atoms with Crippen LogP contribution in [0.1, 0.15) is 20.8 Å². The second-order valence-corrected chi connectivity index (χ2v) is 5.68. The molecule has 8 heteroatoms. The quantitative estimate of drug-likeness (QED) is 0.647. The summed E-state index contributed by atoms with van der Waals surface area (Å²) in [5.41, 5.74) is 0. The highest BCUT2D eigenvalue weighted by atomic mass is 16.8. The third-order valence-electron chi connectivity index (χ3n) is 3.71. The molecule has 1 N–H and O–H groups in total. The number of rotatable bonds is 0. The van der Waals surface area contributed by atoms with Crippen molar-refractivity contribution in [1.82, 2.24) is 4.90 Å². The highest BCUT2D eigenvalue weighted by molar-refractivity contribution is 5.92. The normalized spacial score (nSPS) is 42.7. The predicted octanol–water partition coefficient (Wildman–Crippen LogP) is -0.407. The van der Waals surface area contributed by atoms with Gasteiger partial charge in [-0.2, -0.15) is 0 Å². The number of ether oxygens (including phenoxy) is 4. The van der Waals surface area contributed by atoms with Crippen LogP contribution < -0.4 is 0 Å². The first-order valence-corrected chi connectivity index (χ1v) is 6.43. The van der Waals surface area contributed by atoms with Crippen molar-refractivity contribution in [2.24, 2.45) is 0 Å². The zero-order valence-electron chi connectivity index (χ0n) is 11.5. The zero-order valence-corrected chi connectivity index (χ0v) is 11.5. The van der Waals surface area contributed by atoms with Gasteiger partial charge in [0.2, 0.25) is 5.91 Å². The molecule has 4 atom stereocenters. The van der Waals surface area contributed by atoms with E-state index in [0.717, 1.165) is 4.90 Å². The minimum atomic E-state index is -1.58. The molecule has 2 amide bonds. The molecular weight excluding hydrogens is 270 g/mol. The number of carbonyl (C=O) groups excluding carboxylic acids is 2. The highest BCUT2D eigenvalue weighted by Crippen LogP contribution is 2.41. The molecule has 0 saturated carbocycles. The van der Waals surface area contributed by atoms with Gasteiger partial charge in [0.1, 0.15) is 18.8 Å². The zero-order chi connectivity index (χ0) is 14.7. The standard InChI is InChI=1S/C12H17NO7/c1-6(14)13-5-12(20-10(13)16)9(15)8-7(4-17-12)18-11(2,3)19-8/h7-9,15H,4-5H2,1-3H3/t7-,8-,9+,12+/m1/s1. The van der Waals surface area contributed by atoms with Gasteiger partial charge in [0.25, 0.3) is 5.79 Å². The number of aliphatic hydroxyl groups excluding tert-OH is 1. The Morgan fingerprint density at radius 2 is 2.10 bits per heavy atom. The van der Waals surface area contributed by atoms with E-state index in [4.69, 9.17) is 18.9 Å². The van der Waals surface area contributed by atoms with Crippen LogP contribution in [0.15, 0.2) is 0 Å². The summed E-state index contributed by atoms with van der Waals surface area (Å²) in [6.45, 7) is 4.66. The summed E-state index contributed by atoms with van der Waals surface area (Å²) in [5, 5.41) is 10.4. The van der Waals surface area contributed by atoms with Crippen molar-refractivity contribution in [3.05, 3.63) is 0 Å². The summed E-state index contributed by atoms with van der Waals surface area (Å²) >= 11 is 0. The fraction of sp³-hybridized carbons (Fsp3) is 0.833. The molecule has 0 aromatic carbocycles. The van der Waals surface area contributed by atoms with Gasteiger partial charge in [0.05, 0.1) is 6.61 Å². The average Bonchev–Trinajstić information content (AvgIpc) is 2.83. The van der Waals surface area contributed by atoms with Crippen molar-refractivity contribution >= 4 is 12.0 Å². The maximum Gasteiger partial charge on any atom is 0.419 e. The second kappa shape index (κ2) is 4.14. The molecule has 20 heavy (non-hydrogen) atoms. The Bertz CT molecular complexity index is 465. The Labute approximate surface area is 115 Å². The van der Waals surface area contributed by atoms with E-state index in [-0.39, 0.29) is 13.2 Å². The number of aliphatic hydroxyl groups is 1. The molecule has 0 radical (unpaired) electrons. The van der Waals surface area contributed by atoms with Gasteiger partial charge in [-0.25, -0.2) is 9.69 Å². The largest absolute Gasteiger partial charge is 0.419 e. The van der Waals surface area contributed by atoms with Gasteiger partial charge in [-0.3, -0.25) is 4.79 Å². The molecule has 112 valence electrons. The molecule has 0 aromatic heterocycles. The molecule has 1 spiro atoms. The van der Waals surface area contributed by atoms with E-state index < -0.39 is 41.9 Å². The van der Waals surface area contributed by atoms with E-state index in [2.05, 4.69) is 0 Å². The molecule has 8 nitrogen and oxygen atoms in total. The van der Waals surface area contributed by atoms with Crippen LogP contribution in [0.3, 0.4) is 0 Å². The van der Waals surface area contributed by atoms with Crippen LogP contribution in [0, 0.1) is 0 Å². The number of hydrogen-bond donors (Lipinski definition) is 1. The van der Waals surface area contributed by atoms with E-state index in [1.165, 1.54) is 6.92 Å². The van der Waals surface area contributed by atoms with Crippen LogP contribution in [0.4, 0.5) is 4.79 Å². The third kappa shape index (κ3) is 1.91. The second-order valence-electron chi connectivity index (χ2n) is 5.68. The van der Waals surface area contributed by atoms with E-state index >= 15 is 0 Å². The number of hydrogen-bond acceptors (Lipinski definition) is 7. The lowest BCUT2D eigenvalue weighted by Crippen LogP contribution is -2.61. The van der Waals surface area contributed by atoms with Crippen LogP contribution in [0.2, 0.25) is 0 Å². The van der Waals surface area contributed by atoms with Crippen LogP contribution in [-0.2, 0) is 23.7 Å². The highest BCUT2D eigenvalue weighted by Gasteiger charge is 2.63. The molecule has 0 bridgehead atoms. The van der Waals surface area contributed by atoms with Crippen LogP contribution in [0.25, 0.3) is 0 Å². The Morgan fingerprint density at radius 1 is 1.40 bits per heavy atom. The lowest BCUT2D eigenvalue weighted by atomic mass is 9.97. The predicted molar refractivity (Wildman–Crippen MR) is 62.4 cm³/mol. The van der Waals surface area contributed by atoms with Crippen molar-refractivity contribution in [3.8, 4) is 0 Å². The molecule has 3 fully saturated rings. The molecule has 0 aromatic rings. The maximum absolute atomic E-state index is 11.7. The van der Waals surface area contributed by atoms with Crippen LogP contribution >= 0.6 is 0 Å². The summed E-state index contributed by atoms with van der Waals surface area (Å²) < 4.78 is 21.8. The number of fused-ring (bicyclic) bond motifs is 1. The summed E-state index contributed by atoms with van der Waals surface area (Å²) in [6, 6.07) is 0. The van der Waals surface area contributed by atoms with Gasteiger partial charge >= 0.3 is 6.09 Å². The smallest absolute Gasteiger partial charge is 0.411 e. The monoisotopic (exact) mass is 287 g/mol. The topological polar surface area (TPSA) is 94.5 Å². The van der Waals surface area contributed by atoms with E-state index in [9.17, 15) is 14.7 Å². The molecule has 3 aliphatic rings. The Hall–Kier alpha value is -1.22. The minimum Gasteiger partial charge on any atom is -0.411 e. The SMILES string of the molecule is CC(=O)N1C[C@]2(OC[C@H]3OC(C)(C)O[C@H]3[C@@H]2O)OC1=O. The minimum absolute atomic E-state index is 0.115. The lowest BCUT2D eigenvalue weighted by Gasteiger charge is -2.40. The van der Waals surface area contributed by atoms with Gasteiger partial charge in [0.15, 0.2) is 11.9 Å². The first kappa shape index (κ1) is 13.7. The summed E-state index contributed by atoms with van der Waals surface area (Å²) in [6.07, 6.45) is -3.15. The van der Waals surface area contributed by atoms with E-state index in [1.54, 1.807) is 13.8 Å². The fourth-order valence-electron chi connectivity index (χ4n) is 2.81. The Balaban J connectivity index is 1.83. The summed E-state index contributed by atoms with van der Waals surface area (Å²) in [5.74, 6) is -2.88. The molecule has 3 aliphatic heterocycles. The summed E-state index contributed by atoms with van der Waals surface area (Å²) in [4.78, 5) is 23.9. The van der Waals surface area contributed by atoms with Gasteiger partial charge in [0, 0.05) is 6.92 Å². The first-order valence-electron chi connectivity index (χ1n) is 6.43. The van der Waals surface area contributed by atoms with Crippen molar-refractivity contribution < 1.29 is 33.6 Å². The number of imide groups is 1. The van der Waals surface area contributed by atoms with Crippen molar-refractivity contribution in [1.29, 1.82) is 0 Å². The Kier molecular flexibility index (Phi) is 2.85. The Morgan fingerprint density at radius 3 is 2.70 bits per heavy atom. The number of nitrogens with zero attached hydrogens (tertiary/aromatic N) is 1. The molecule has 3 heterocycles. The van der Waals surface area contributed by atoms with E-state index in [1.807, 2.05) is 0 Å². The van der Waals surface area contributed by atoms with Gasteiger partial charge in [-0.1, -0.05) is 0 Å². The molecule has 3 rings (SSSR count). The van der Waals surface area contributed by atoms with Gasteiger partial charge < -0.3 is 24.1 Å². The van der Waals surface area contributed by atoms with Crippen molar-refractivity contribution in [2.45, 2.75) is 50.7 Å². The summed E-state index contributed by atoms with van der Waals surface area (Å²) in [7, 11) is 0. The van der Waals surface area contributed by atoms with Crippen LogP contribution in [0.5, 0.6) is 0 Å². The maximum atomic E-state index is 11.7. The van der Waals surface area contributed by atoms with Gasteiger partial charge in [-0.15, -0.1) is 0 Å². The van der Waals surface area contributed by atoms with Gasteiger partial charge in [-0.05, 0) is 13.8 Å². The molecular formula is C12H17NO7. The van der Waals surface area contributed by atoms with Crippen molar-refractivity contribution in [2.75, 3.05) is 13.2 Å². The van der Waals surface area contributed by atoms with Crippen molar-refractivity contribution in [3.63, 3.8) is 0 Å². The fourth-order valence-corrected chi connectivity index (χ4v) is 2.81. The number of carbonyl (C=O) groups is 2. The first-order chi connectivity index (χ1) is 9.24. The molecule has 0 unspecified atom stereocenters. The lowest BCUT2D eigenvalue weighted by molar-refractivity contribution is -0.287. The average molecular weight is 287 g/mol. The third-order valence-corrected chi connectivity index (χ3v) is 3.71. The molecule has 0 aliphatic carbocycles. The molecule has 3 saturated heterocycles. The van der Waals surface area contributed by atoms with Crippen LogP contribution in [-0.4, -0.2) is 65.0 Å².